The van der Waals surface area contributed by atoms with Gasteiger partial charge in [-0.1, -0.05) is 87.5 Å². The molecule has 0 saturated carbocycles. The zero-order valence-corrected chi connectivity index (χ0v) is 15.4. The molecule has 1 aliphatic heterocycles. The predicted molar refractivity (Wildman–Crippen MR) is 104 cm³/mol. The topological polar surface area (TPSA) is 20.3 Å². The Balaban J connectivity index is 1.70. The number of carbonyl (C=O) groups is 1. The molecule has 1 aliphatic rings. The fourth-order valence-electron chi connectivity index (χ4n) is 3.26. The third kappa shape index (κ3) is 4.39. The van der Waals surface area contributed by atoms with Crippen LogP contribution in [0.2, 0.25) is 0 Å². The van der Waals surface area contributed by atoms with E-state index in [0.717, 1.165) is 6.42 Å². The molecule has 0 bridgehead atoms. The van der Waals surface area contributed by atoms with E-state index in [9.17, 15) is 4.79 Å². The van der Waals surface area contributed by atoms with E-state index in [0.29, 0.717) is 13.0 Å². The lowest BCUT2D eigenvalue weighted by atomic mass is 9.87. The van der Waals surface area contributed by atoms with Gasteiger partial charge in [0.2, 0.25) is 5.91 Å². The van der Waals surface area contributed by atoms with Gasteiger partial charge in [0.15, 0.2) is 0 Å². The van der Waals surface area contributed by atoms with Crippen LogP contribution in [0.15, 0.2) is 60.7 Å². The summed E-state index contributed by atoms with van der Waals surface area (Å²) in [5, 5.41) is 0. The number of benzene rings is 2. The van der Waals surface area contributed by atoms with Crippen molar-refractivity contribution in [3.63, 3.8) is 0 Å². The van der Waals surface area contributed by atoms with Crippen LogP contribution >= 0.6 is 0 Å². The smallest absolute Gasteiger partial charge is 0.223 e. The van der Waals surface area contributed by atoms with Crippen molar-refractivity contribution in [3.8, 4) is 0 Å². The van der Waals surface area contributed by atoms with Crippen molar-refractivity contribution in [2.75, 3.05) is 0 Å². The number of hydrogen-bond donors (Lipinski definition) is 0. The number of rotatable bonds is 4. The quantitative estimate of drug-likeness (QED) is 0.754. The lowest BCUT2D eigenvalue weighted by Crippen LogP contribution is -2.31. The first-order chi connectivity index (χ1) is 11.9. The molecule has 1 heterocycles. The molecular formula is C23H27NO. The van der Waals surface area contributed by atoms with Gasteiger partial charge < -0.3 is 4.90 Å². The third-order valence-electron chi connectivity index (χ3n) is 4.86. The Bertz CT molecular complexity index is 738. The van der Waals surface area contributed by atoms with Crippen molar-refractivity contribution < 1.29 is 4.79 Å². The minimum atomic E-state index is 0.173. The zero-order valence-electron chi connectivity index (χ0n) is 15.4. The molecule has 0 aromatic heterocycles. The highest BCUT2D eigenvalue weighted by Gasteiger charge is 2.28. The Morgan fingerprint density at radius 1 is 1.04 bits per heavy atom. The number of carbonyl (C=O) groups excluding carboxylic acids is 1. The highest BCUT2D eigenvalue weighted by molar-refractivity contribution is 5.79. The Kier molecular flexibility index (Phi) is 5.08. The second-order valence-corrected chi connectivity index (χ2v) is 7.84. The average Bonchev–Trinajstić information content (AvgIpc) is 2.94. The van der Waals surface area contributed by atoms with E-state index < -0.39 is 0 Å². The fourth-order valence-corrected chi connectivity index (χ4v) is 3.26. The van der Waals surface area contributed by atoms with Gasteiger partial charge in [-0.3, -0.25) is 4.79 Å². The summed E-state index contributed by atoms with van der Waals surface area (Å²) in [4.78, 5) is 14.2. The summed E-state index contributed by atoms with van der Waals surface area (Å²) in [5.41, 5.74) is 3.89. The average molecular weight is 333 g/mol. The van der Waals surface area contributed by atoms with Crippen LogP contribution in [0.25, 0.3) is 6.08 Å². The van der Waals surface area contributed by atoms with Gasteiger partial charge in [0.25, 0.3) is 0 Å². The maximum Gasteiger partial charge on any atom is 0.223 e. The van der Waals surface area contributed by atoms with Gasteiger partial charge in [0.05, 0.1) is 6.04 Å². The Morgan fingerprint density at radius 2 is 1.72 bits per heavy atom. The molecular weight excluding hydrogens is 306 g/mol. The van der Waals surface area contributed by atoms with Crippen molar-refractivity contribution in [1.82, 2.24) is 4.90 Å². The lowest BCUT2D eigenvalue weighted by Gasteiger charge is -2.22. The molecule has 2 aromatic rings. The molecule has 1 atom stereocenters. The van der Waals surface area contributed by atoms with Crippen molar-refractivity contribution in [2.45, 2.75) is 51.6 Å². The van der Waals surface area contributed by atoms with Crippen LogP contribution in [-0.4, -0.2) is 16.8 Å². The van der Waals surface area contributed by atoms with Gasteiger partial charge in [-0.25, -0.2) is 0 Å². The molecule has 0 spiro atoms. The van der Waals surface area contributed by atoms with Crippen LogP contribution in [-0.2, 0) is 16.8 Å². The molecule has 2 heteroatoms. The molecule has 0 aliphatic carbocycles. The standard InChI is InChI=1S/C23H27NO/c1-23(2,3)20-12-9-18(10-13-20)11-14-21-15-16-22(25)24(21)17-19-7-5-4-6-8-19/h4-14,21H,15-17H2,1-3H3/b14-11+. The van der Waals surface area contributed by atoms with Crippen LogP contribution in [0.1, 0.15) is 50.3 Å². The molecule has 0 radical (unpaired) electrons. The molecule has 1 unspecified atom stereocenters. The monoisotopic (exact) mass is 333 g/mol. The largest absolute Gasteiger partial charge is 0.332 e. The third-order valence-corrected chi connectivity index (χ3v) is 4.86. The first-order valence-electron chi connectivity index (χ1n) is 9.05. The van der Waals surface area contributed by atoms with E-state index in [1.54, 1.807) is 0 Å². The lowest BCUT2D eigenvalue weighted by molar-refractivity contribution is -0.129. The van der Waals surface area contributed by atoms with Crippen molar-refractivity contribution in [2.24, 2.45) is 0 Å². The number of nitrogens with zero attached hydrogens (tertiary/aromatic N) is 1. The Labute approximate surface area is 151 Å². The Morgan fingerprint density at radius 3 is 2.36 bits per heavy atom. The second-order valence-electron chi connectivity index (χ2n) is 7.84. The molecule has 2 aromatic carbocycles. The number of amides is 1. The van der Waals surface area contributed by atoms with E-state index in [-0.39, 0.29) is 17.4 Å². The van der Waals surface area contributed by atoms with E-state index >= 15 is 0 Å². The molecule has 3 rings (SSSR count). The van der Waals surface area contributed by atoms with Gasteiger partial charge in [0, 0.05) is 13.0 Å². The van der Waals surface area contributed by atoms with Crippen LogP contribution < -0.4 is 0 Å². The van der Waals surface area contributed by atoms with E-state index in [1.165, 1.54) is 16.7 Å². The summed E-state index contributed by atoms with van der Waals surface area (Å²) < 4.78 is 0. The predicted octanol–water partition coefficient (Wildman–Crippen LogP) is 5.19. The van der Waals surface area contributed by atoms with E-state index in [2.05, 4.69) is 69.3 Å². The molecule has 130 valence electrons. The summed E-state index contributed by atoms with van der Waals surface area (Å²) in [6, 6.07) is 19.1. The van der Waals surface area contributed by atoms with Crippen LogP contribution in [0.3, 0.4) is 0 Å². The highest BCUT2D eigenvalue weighted by Crippen LogP contribution is 2.25. The number of hydrogen-bond acceptors (Lipinski definition) is 1. The zero-order chi connectivity index (χ0) is 17.9. The summed E-state index contributed by atoms with van der Waals surface area (Å²) in [5.74, 6) is 0.251. The maximum atomic E-state index is 12.2. The number of likely N-dealkylation sites (tertiary alicyclic amines) is 1. The normalized spacial score (nSPS) is 18.3. The van der Waals surface area contributed by atoms with Crippen molar-refractivity contribution in [3.05, 3.63) is 77.4 Å². The first kappa shape index (κ1) is 17.5. The SMILES string of the molecule is CC(C)(C)c1ccc(/C=C/C2CCC(=O)N2Cc2ccccc2)cc1. The minimum absolute atomic E-state index is 0.173. The van der Waals surface area contributed by atoms with Gasteiger partial charge >= 0.3 is 0 Å². The van der Waals surface area contributed by atoms with E-state index in [4.69, 9.17) is 0 Å². The fraction of sp³-hybridized carbons (Fsp3) is 0.348. The van der Waals surface area contributed by atoms with Crippen molar-refractivity contribution in [1.29, 1.82) is 0 Å². The Hall–Kier alpha value is -2.35. The molecule has 25 heavy (non-hydrogen) atoms. The van der Waals surface area contributed by atoms with Crippen molar-refractivity contribution >= 4 is 12.0 Å². The van der Waals surface area contributed by atoms with Gasteiger partial charge in [-0.2, -0.15) is 0 Å². The second kappa shape index (κ2) is 7.26. The molecule has 1 amide bonds. The van der Waals surface area contributed by atoms with Crippen LogP contribution in [0, 0.1) is 0 Å². The van der Waals surface area contributed by atoms with E-state index in [1.807, 2.05) is 23.1 Å². The first-order valence-corrected chi connectivity index (χ1v) is 9.05. The summed E-state index contributed by atoms with van der Waals surface area (Å²) in [7, 11) is 0. The summed E-state index contributed by atoms with van der Waals surface area (Å²) >= 11 is 0. The molecule has 1 saturated heterocycles. The molecule has 0 N–H and O–H groups in total. The van der Waals surface area contributed by atoms with Gasteiger partial charge in [0.1, 0.15) is 0 Å². The molecule has 2 nitrogen and oxygen atoms in total. The van der Waals surface area contributed by atoms with Gasteiger partial charge in [-0.15, -0.1) is 0 Å². The molecule has 1 fully saturated rings. The van der Waals surface area contributed by atoms with Crippen LogP contribution in [0.5, 0.6) is 0 Å². The summed E-state index contributed by atoms with van der Waals surface area (Å²) in [6.07, 6.45) is 5.88. The summed E-state index contributed by atoms with van der Waals surface area (Å²) in [6.45, 7) is 7.37. The minimum Gasteiger partial charge on any atom is -0.332 e. The maximum absolute atomic E-state index is 12.2. The van der Waals surface area contributed by atoms with Gasteiger partial charge in [-0.05, 0) is 28.5 Å². The van der Waals surface area contributed by atoms with Crippen LogP contribution in [0.4, 0.5) is 0 Å². The highest BCUT2D eigenvalue weighted by atomic mass is 16.2.